The number of rotatable bonds is 4. The Kier molecular flexibility index (Phi) is 4.33. The van der Waals surface area contributed by atoms with Crippen molar-refractivity contribution in [3.8, 4) is 11.4 Å². The monoisotopic (exact) mass is 426 g/mol. The second-order valence-electron chi connectivity index (χ2n) is 6.66. The van der Waals surface area contributed by atoms with Crippen LogP contribution in [0.3, 0.4) is 0 Å². The molecule has 29 heavy (non-hydrogen) atoms. The van der Waals surface area contributed by atoms with Crippen LogP contribution in [-0.4, -0.2) is 38.3 Å². The summed E-state index contributed by atoms with van der Waals surface area (Å²) >= 11 is 7.70. The highest BCUT2D eigenvalue weighted by Gasteiger charge is 2.29. The molecule has 0 bridgehead atoms. The van der Waals surface area contributed by atoms with E-state index >= 15 is 0 Å². The molecule has 1 aliphatic heterocycles. The van der Waals surface area contributed by atoms with Gasteiger partial charge in [-0.1, -0.05) is 23.7 Å². The van der Waals surface area contributed by atoms with E-state index in [1.807, 2.05) is 43.3 Å². The summed E-state index contributed by atoms with van der Waals surface area (Å²) in [7, 11) is 0. The van der Waals surface area contributed by atoms with E-state index in [4.69, 9.17) is 16.3 Å². The van der Waals surface area contributed by atoms with Gasteiger partial charge in [0.05, 0.1) is 29.0 Å². The maximum absolute atomic E-state index is 12.0. The Bertz CT molecular complexity index is 1220. The third-order valence-electron chi connectivity index (χ3n) is 4.60. The normalized spacial score (nSPS) is 16.4. The van der Waals surface area contributed by atoms with Gasteiger partial charge in [-0.05, 0) is 31.2 Å². The molecule has 1 fully saturated rings. The van der Waals surface area contributed by atoms with Crippen molar-refractivity contribution >= 4 is 56.6 Å². The number of anilines is 3. The Morgan fingerprint density at radius 1 is 1.34 bits per heavy atom. The zero-order valence-electron chi connectivity index (χ0n) is 15.2. The third kappa shape index (κ3) is 3.28. The molecule has 0 saturated carbocycles. The maximum Gasteiger partial charge on any atom is 0.414 e. The van der Waals surface area contributed by atoms with Gasteiger partial charge in [0.1, 0.15) is 6.10 Å². The van der Waals surface area contributed by atoms with Gasteiger partial charge in [0, 0.05) is 28.2 Å². The number of halogens is 1. The lowest BCUT2D eigenvalue weighted by Crippen LogP contribution is -2.23. The van der Waals surface area contributed by atoms with E-state index in [9.17, 15) is 4.79 Å². The van der Waals surface area contributed by atoms with Crippen LogP contribution < -0.4 is 10.2 Å². The fraction of sp³-hybridized carbons (Fsp3) is 0.158. The Morgan fingerprint density at radius 3 is 3.07 bits per heavy atom. The standard InChI is InChI=1S/C19H15ClN6O2S/c1-10-9-26(19(27)28-10)12-4-2-3-11(7-12)17-23-18(29-25-17)22-15-6-5-14-13(16(15)20)8-21-24-14/h2-8,10H,9H2,1H3,(H,21,24)(H,22,23,25). The lowest BCUT2D eigenvalue weighted by molar-refractivity contribution is 0.150. The summed E-state index contributed by atoms with van der Waals surface area (Å²) in [6, 6.07) is 11.3. The number of benzene rings is 2. The van der Waals surface area contributed by atoms with Crippen LogP contribution in [0.2, 0.25) is 5.02 Å². The van der Waals surface area contributed by atoms with Crippen molar-refractivity contribution in [2.75, 3.05) is 16.8 Å². The van der Waals surface area contributed by atoms with Gasteiger partial charge in [0.2, 0.25) is 5.13 Å². The van der Waals surface area contributed by atoms with Crippen LogP contribution in [0.15, 0.2) is 42.6 Å². The molecule has 5 rings (SSSR count). The SMILES string of the molecule is CC1CN(c2cccc(-c3nsc(Nc4ccc5[nH]ncc5c4Cl)n3)c2)C(=O)O1. The highest BCUT2D eigenvalue weighted by atomic mass is 35.5. The van der Waals surface area contributed by atoms with Crippen LogP contribution in [0.1, 0.15) is 6.92 Å². The topological polar surface area (TPSA) is 96.0 Å². The Balaban J connectivity index is 1.40. The van der Waals surface area contributed by atoms with Crippen molar-refractivity contribution in [1.82, 2.24) is 19.6 Å². The number of nitrogens with zero attached hydrogens (tertiary/aromatic N) is 4. The lowest BCUT2D eigenvalue weighted by Gasteiger charge is -2.13. The van der Waals surface area contributed by atoms with Gasteiger partial charge in [0.25, 0.3) is 0 Å². The molecule has 146 valence electrons. The first-order valence-corrected chi connectivity index (χ1v) is 10.0. The molecular weight excluding hydrogens is 412 g/mol. The maximum atomic E-state index is 12.0. The van der Waals surface area contributed by atoms with E-state index in [2.05, 4.69) is 24.9 Å². The number of cyclic esters (lactones) is 1. The lowest BCUT2D eigenvalue weighted by atomic mass is 10.2. The van der Waals surface area contributed by atoms with Crippen LogP contribution in [0, 0.1) is 0 Å². The smallest absolute Gasteiger partial charge is 0.414 e. The highest BCUT2D eigenvalue weighted by Crippen LogP contribution is 2.33. The van der Waals surface area contributed by atoms with Crippen LogP contribution >= 0.6 is 23.1 Å². The number of carbonyl (C=O) groups is 1. The Morgan fingerprint density at radius 2 is 2.24 bits per heavy atom. The molecule has 10 heteroatoms. The number of ether oxygens (including phenoxy) is 1. The van der Waals surface area contributed by atoms with Crippen molar-refractivity contribution in [3.05, 3.63) is 47.6 Å². The van der Waals surface area contributed by atoms with Crippen molar-refractivity contribution in [2.45, 2.75) is 13.0 Å². The van der Waals surface area contributed by atoms with E-state index in [1.165, 1.54) is 11.5 Å². The molecule has 0 radical (unpaired) electrons. The molecule has 8 nitrogen and oxygen atoms in total. The van der Waals surface area contributed by atoms with Gasteiger partial charge in [-0.3, -0.25) is 10.00 Å². The molecule has 1 atom stereocenters. The summed E-state index contributed by atoms with van der Waals surface area (Å²) in [5.74, 6) is 0.570. The second-order valence-corrected chi connectivity index (χ2v) is 7.79. The molecule has 4 aromatic rings. The first-order chi connectivity index (χ1) is 14.1. The Labute approximate surface area is 174 Å². The zero-order valence-corrected chi connectivity index (χ0v) is 16.8. The summed E-state index contributed by atoms with van der Waals surface area (Å²) < 4.78 is 9.65. The average molecular weight is 427 g/mol. The molecule has 2 aromatic carbocycles. The van der Waals surface area contributed by atoms with Crippen LogP contribution in [-0.2, 0) is 4.74 Å². The van der Waals surface area contributed by atoms with E-state index in [-0.39, 0.29) is 12.2 Å². The largest absolute Gasteiger partial charge is 0.444 e. The second kappa shape index (κ2) is 7.02. The predicted molar refractivity (Wildman–Crippen MR) is 113 cm³/mol. The van der Waals surface area contributed by atoms with Crippen molar-refractivity contribution in [1.29, 1.82) is 0 Å². The minimum Gasteiger partial charge on any atom is -0.444 e. The summed E-state index contributed by atoms with van der Waals surface area (Å²) in [4.78, 5) is 18.2. The minimum absolute atomic E-state index is 0.128. The average Bonchev–Trinajstić information content (AvgIpc) is 3.44. The van der Waals surface area contributed by atoms with Gasteiger partial charge in [-0.2, -0.15) is 14.5 Å². The Hall–Kier alpha value is -3.17. The number of hydrogen-bond donors (Lipinski definition) is 2. The van der Waals surface area contributed by atoms with Crippen molar-refractivity contribution < 1.29 is 9.53 Å². The van der Waals surface area contributed by atoms with Gasteiger partial charge in [-0.25, -0.2) is 4.79 Å². The van der Waals surface area contributed by atoms with Crippen LogP contribution in [0.5, 0.6) is 0 Å². The number of carbonyl (C=O) groups excluding carboxylic acids is 1. The number of aromatic nitrogens is 4. The van der Waals surface area contributed by atoms with Crippen molar-refractivity contribution in [2.24, 2.45) is 0 Å². The van der Waals surface area contributed by atoms with Crippen LogP contribution in [0.4, 0.5) is 21.3 Å². The molecule has 0 aliphatic carbocycles. The van der Waals surface area contributed by atoms with Crippen molar-refractivity contribution in [3.63, 3.8) is 0 Å². The highest BCUT2D eigenvalue weighted by molar-refractivity contribution is 7.10. The number of aromatic amines is 1. The molecule has 2 aromatic heterocycles. The molecule has 1 aliphatic rings. The van der Waals surface area contributed by atoms with E-state index < -0.39 is 0 Å². The summed E-state index contributed by atoms with van der Waals surface area (Å²) in [6.07, 6.45) is 1.22. The molecule has 2 N–H and O–H groups in total. The third-order valence-corrected chi connectivity index (χ3v) is 5.64. The van der Waals surface area contributed by atoms with E-state index in [1.54, 1.807) is 11.1 Å². The number of nitrogens with one attached hydrogen (secondary N) is 2. The predicted octanol–water partition coefficient (Wildman–Crippen LogP) is 4.82. The summed E-state index contributed by atoms with van der Waals surface area (Å²) in [5, 5.41) is 12.1. The van der Waals surface area contributed by atoms with Gasteiger partial charge in [0.15, 0.2) is 5.82 Å². The fourth-order valence-corrected chi connectivity index (χ4v) is 4.08. The minimum atomic E-state index is -0.340. The van der Waals surface area contributed by atoms with Gasteiger partial charge >= 0.3 is 6.09 Å². The summed E-state index contributed by atoms with van der Waals surface area (Å²) in [6.45, 7) is 2.39. The van der Waals surface area contributed by atoms with E-state index in [0.717, 1.165) is 27.8 Å². The number of H-pyrrole nitrogens is 1. The summed E-state index contributed by atoms with van der Waals surface area (Å²) in [5.41, 5.74) is 3.17. The molecule has 1 amide bonds. The molecule has 3 heterocycles. The zero-order chi connectivity index (χ0) is 20.0. The number of fused-ring (bicyclic) bond motifs is 1. The fourth-order valence-electron chi connectivity index (χ4n) is 3.21. The molecule has 1 unspecified atom stereocenters. The molecule has 1 saturated heterocycles. The van der Waals surface area contributed by atoms with Gasteiger partial charge < -0.3 is 10.1 Å². The quantitative estimate of drug-likeness (QED) is 0.485. The van der Waals surface area contributed by atoms with Gasteiger partial charge in [-0.15, -0.1) is 0 Å². The molecule has 0 spiro atoms. The molecular formula is C19H15ClN6O2S. The first kappa shape index (κ1) is 17.9. The first-order valence-electron chi connectivity index (χ1n) is 8.89. The number of amides is 1. The van der Waals surface area contributed by atoms with E-state index in [0.29, 0.717) is 22.5 Å². The number of hydrogen-bond acceptors (Lipinski definition) is 7. The van der Waals surface area contributed by atoms with Crippen LogP contribution in [0.25, 0.3) is 22.3 Å².